The van der Waals surface area contributed by atoms with Crippen molar-refractivity contribution < 1.29 is 0 Å². The van der Waals surface area contributed by atoms with Gasteiger partial charge in [-0.25, -0.2) is 9.97 Å². The summed E-state index contributed by atoms with van der Waals surface area (Å²) in [6.45, 7) is 4.67. The quantitative estimate of drug-likeness (QED) is 0.628. The van der Waals surface area contributed by atoms with Crippen molar-refractivity contribution in [2.75, 3.05) is 13.1 Å². The van der Waals surface area contributed by atoms with E-state index in [2.05, 4.69) is 31.8 Å². The van der Waals surface area contributed by atoms with E-state index in [-0.39, 0.29) is 6.04 Å². The summed E-state index contributed by atoms with van der Waals surface area (Å²) in [6.07, 6.45) is 9.41. The molecule has 6 nitrogen and oxygen atoms in total. The van der Waals surface area contributed by atoms with E-state index in [1.54, 1.807) is 12.4 Å². The maximum Gasteiger partial charge on any atom is 0.123 e. The standard InChI is InChI=1S/C13H22N6/c1-11(13-17-7-8-18-13)19(9-3-2-4-14)10-12-15-5-6-16-12/h5-8,11H,2-4,9-10,14H2,1H3,(H,15,16)(H,17,18). The molecule has 2 aromatic heterocycles. The Morgan fingerprint density at radius 2 is 2.00 bits per heavy atom. The molecule has 1 unspecified atom stereocenters. The maximum atomic E-state index is 5.57. The van der Waals surface area contributed by atoms with Gasteiger partial charge in [0.25, 0.3) is 0 Å². The molecule has 0 aliphatic rings. The van der Waals surface area contributed by atoms with Gasteiger partial charge in [0, 0.05) is 24.8 Å². The lowest BCUT2D eigenvalue weighted by atomic mass is 10.2. The van der Waals surface area contributed by atoms with Crippen LogP contribution in [0.4, 0.5) is 0 Å². The zero-order valence-electron chi connectivity index (χ0n) is 11.3. The number of H-pyrrole nitrogens is 2. The lowest BCUT2D eigenvalue weighted by Gasteiger charge is -2.26. The van der Waals surface area contributed by atoms with Crippen LogP contribution in [0.1, 0.15) is 37.5 Å². The van der Waals surface area contributed by atoms with E-state index in [0.717, 1.165) is 44.1 Å². The third-order valence-corrected chi connectivity index (χ3v) is 3.27. The zero-order chi connectivity index (χ0) is 13.5. The molecule has 0 aromatic carbocycles. The summed E-state index contributed by atoms with van der Waals surface area (Å²) in [6, 6.07) is 0.234. The fraction of sp³-hybridized carbons (Fsp3) is 0.538. The van der Waals surface area contributed by atoms with Gasteiger partial charge in [0.15, 0.2) is 0 Å². The minimum Gasteiger partial charge on any atom is -0.348 e. The molecule has 0 fully saturated rings. The van der Waals surface area contributed by atoms with Crippen molar-refractivity contribution >= 4 is 0 Å². The number of nitrogens with two attached hydrogens (primary N) is 1. The summed E-state index contributed by atoms with van der Waals surface area (Å²) < 4.78 is 0. The fourth-order valence-corrected chi connectivity index (χ4v) is 2.12. The molecule has 19 heavy (non-hydrogen) atoms. The zero-order valence-corrected chi connectivity index (χ0v) is 11.3. The van der Waals surface area contributed by atoms with Gasteiger partial charge in [-0.1, -0.05) is 0 Å². The average molecular weight is 262 g/mol. The van der Waals surface area contributed by atoms with Gasteiger partial charge >= 0.3 is 0 Å². The number of aromatic amines is 2. The summed E-state index contributed by atoms with van der Waals surface area (Å²) in [5.74, 6) is 1.96. The van der Waals surface area contributed by atoms with Crippen LogP contribution >= 0.6 is 0 Å². The molecule has 4 N–H and O–H groups in total. The normalized spacial score (nSPS) is 13.0. The monoisotopic (exact) mass is 262 g/mol. The van der Waals surface area contributed by atoms with Crippen molar-refractivity contribution in [2.45, 2.75) is 32.4 Å². The molecule has 0 bridgehead atoms. The second-order valence-corrected chi connectivity index (χ2v) is 4.65. The van der Waals surface area contributed by atoms with Crippen molar-refractivity contribution in [3.8, 4) is 0 Å². The average Bonchev–Trinajstić information content (AvgIpc) is 3.10. The van der Waals surface area contributed by atoms with Crippen LogP contribution in [0.25, 0.3) is 0 Å². The number of imidazole rings is 2. The molecule has 104 valence electrons. The van der Waals surface area contributed by atoms with Crippen LogP contribution in [-0.4, -0.2) is 37.9 Å². The third kappa shape index (κ3) is 3.90. The number of nitrogens with one attached hydrogen (secondary N) is 2. The second-order valence-electron chi connectivity index (χ2n) is 4.65. The molecule has 0 aliphatic heterocycles. The summed E-state index contributed by atoms with van der Waals surface area (Å²) >= 11 is 0. The number of unbranched alkanes of at least 4 members (excludes halogenated alkanes) is 1. The van der Waals surface area contributed by atoms with Crippen molar-refractivity contribution in [2.24, 2.45) is 5.73 Å². The van der Waals surface area contributed by atoms with Crippen LogP contribution in [0.5, 0.6) is 0 Å². The highest BCUT2D eigenvalue weighted by molar-refractivity contribution is 4.96. The Labute approximate surface area is 113 Å². The van der Waals surface area contributed by atoms with E-state index in [1.807, 2.05) is 12.4 Å². The molecule has 0 saturated heterocycles. The smallest absolute Gasteiger partial charge is 0.123 e. The van der Waals surface area contributed by atoms with Gasteiger partial charge in [-0.2, -0.15) is 0 Å². The fourth-order valence-electron chi connectivity index (χ4n) is 2.12. The van der Waals surface area contributed by atoms with Crippen LogP contribution in [-0.2, 0) is 6.54 Å². The Morgan fingerprint density at radius 3 is 2.63 bits per heavy atom. The SMILES string of the molecule is CC(c1ncc[nH]1)N(CCCCN)Cc1ncc[nH]1. The highest BCUT2D eigenvalue weighted by Crippen LogP contribution is 2.18. The lowest BCUT2D eigenvalue weighted by Crippen LogP contribution is -2.29. The molecule has 0 radical (unpaired) electrons. The van der Waals surface area contributed by atoms with Gasteiger partial charge in [-0.05, 0) is 32.9 Å². The Hall–Kier alpha value is -1.66. The second kappa shape index (κ2) is 7.06. The van der Waals surface area contributed by atoms with Gasteiger partial charge in [-0.15, -0.1) is 0 Å². The lowest BCUT2D eigenvalue weighted by molar-refractivity contribution is 0.187. The van der Waals surface area contributed by atoms with Gasteiger partial charge in [-0.3, -0.25) is 4.90 Å². The van der Waals surface area contributed by atoms with E-state index < -0.39 is 0 Å². The molecule has 6 heteroatoms. The first kappa shape index (κ1) is 13.8. The Bertz CT molecular complexity index is 436. The van der Waals surface area contributed by atoms with Crippen LogP contribution < -0.4 is 5.73 Å². The topological polar surface area (TPSA) is 86.6 Å². The number of nitrogens with zero attached hydrogens (tertiary/aromatic N) is 3. The Balaban J connectivity index is 2.00. The molecule has 2 rings (SSSR count). The molecular weight excluding hydrogens is 240 g/mol. The predicted molar refractivity (Wildman–Crippen MR) is 74.3 cm³/mol. The summed E-state index contributed by atoms with van der Waals surface area (Å²) in [5.41, 5.74) is 5.57. The maximum absolute atomic E-state index is 5.57. The summed E-state index contributed by atoms with van der Waals surface area (Å²) in [5, 5.41) is 0. The summed E-state index contributed by atoms with van der Waals surface area (Å²) in [4.78, 5) is 17.3. The molecule has 2 heterocycles. The summed E-state index contributed by atoms with van der Waals surface area (Å²) in [7, 11) is 0. The first-order valence-electron chi connectivity index (χ1n) is 6.73. The minimum absolute atomic E-state index is 0.234. The molecule has 1 atom stereocenters. The number of hydrogen-bond donors (Lipinski definition) is 3. The van der Waals surface area contributed by atoms with E-state index in [4.69, 9.17) is 5.73 Å². The van der Waals surface area contributed by atoms with E-state index >= 15 is 0 Å². The Kier molecular flexibility index (Phi) is 5.11. The largest absolute Gasteiger partial charge is 0.348 e. The highest BCUT2D eigenvalue weighted by Gasteiger charge is 2.18. The van der Waals surface area contributed by atoms with Gasteiger partial charge in [0.2, 0.25) is 0 Å². The highest BCUT2D eigenvalue weighted by atomic mass is 15.2. The number of hydrogen-bond acceptors (Lipinski definition) is 4. The van der Waals surface area contributed by atoms with Crippen LogP contribution in [0.3, 0.4) is 0 Å². The van der Waals surface area contributed by atoms with Crippen LogP contribution in [0.2, 0.25) is 0 Å². The van der Waals surface area contributed by atoms with Crippen molar-refractivity contribution in [3.05, 3.63) is 36.4 Å². The third-order valence-electron chi connectivity index (χ3n) is 3.27. The van der Waals surface area contributed by atoms with E-state index in [1.165, 1.54) is 0 Å². The number of rotatable bonds is 8. The molecule has 0 saturated carbocycles. The minimum atomic E-state index is 0.234. The van der Waals surface area contributed by atoms with Crippen molar-refractivity contribution in [1.29, 1.82) is 0 Å². The predicted octanol–water partition coefficient (Wildman–Crippen LogP) is 1.43. The first-order chi connectivity index (χ1) is 9.31. The molecule has 0 amide bonds. The van der Waals surface area contributed by atoms with Crippen molar-refractivity contribution in [3.63, 3.8) is 0 Å². The van der Waals surface area contributed by atoms with E-state index in [9.17, 15) is 0 Å². The molecular formula is C13H22N6. The van der Waals surface area contributed by atoms with Gasteiger partial charge < -0.3 is 15.7 Å². The van der Waals surface area contributed by atoms with Crippen molar-refractivity contribution in [1.82, 2.24) is 24.8 Å². The first-order valence-corrected chi connectivity index (χ1v) is 6.73. The van der Waals surface area contributed by atoms with Gasteiger partial charge in [0.05, 0.1) is 12.6 Å². The van der Waals surface area contributed by atoms with Gasteiger partial charge in [0.1, 0.15) is 11.6 Å². The molecule has 0 aliphatic carbocycles. The van der Waals surface area contributed by atoms with E-state index in [0.29, 0.717) is 0 Å². The van der Waals surface area contributed by atoms with Crippen LogP contribution in [0, 0.1) is 0 Å². The molecule has 0 spiro atoms. The number of aromatic nitrogens is 4. The van der Waals surface area contributed by atoms with Crippen LogP contribution in [0.15, 0.2) is 24.8 Å². The molecule has 2 aromatic rings. The Morgan fingerprint density at radius 1 is 1.21 bits per heavy atom.